The molecule has 7 heteroatoms. The van der Waals surface area contributed by atoms with Gasteiger partial charge in [0, 0.05) is 30.4 Å². The van der Waals surface area contributed by atoms with Gasteiger partial charge in [-0.25, -0.2) is 0 Å². The maximum absolute atomic E-state index is 13.0. The number of likely N-dealkylation sites (tertiary alicyclic amines) is 1. The Morgan fingerprint density at radius 1 is 1.35 bits per heavy atom. The van der Waals surface area contributed by atoms with Gasteiger partial charge in [0.2, 0.25) is 5.91 Å². The smallest absolute Gasteiger partial charge is 0.316 e. The zero-order valence-corrected chi connectivity index (χ0v) is 16.1. The minimum atomic E-state index is -0.908. The number of benzene rings is 1. The Kier molecular flexibility index (Phi) is 7.50. The van der Waals surface area contributed by atoms with Gasteiger partial charge in [-0.05, 0) is 38.3 Å². The van der Waals surface area contributed by atoms with Gasteiger partial charge in [-0.1, -0.05) is 19.1 Å². The predicted octanol–water partition coefficient (Wildman–Crippen LogP) is 2.77. The molecule has 1 aromatic rings. The number of nitrogens with one attached hydrogen (secondary N) is 1. The molecule has 142 valence electrons. The summed E-state index contributed by atoms with van der Waals surface area (Å²) in [5.74, 6) is -0.993. The van der Waals surface area contributed by atoms with Crippen molar-refractivity contribution in [2.75, 3.05) is 13.1 Å². The zero-order chi connectivity index (χ0) is 19.1. The number of carboxylic acids is 1. The van der Waals surface area contributed by atoms with Crippen LogP contribution in [0.5, 0.6) is 0 Å². The molecule has 2 rings (SSSR count). The maximum Gasteiger partial charge on any atom is 0.316 e. The summed E-state index contributed by atoms with van der Waals surface area (Å²) in [4.78, 5) is 38.4. The number of rotatable bonds is 7. The first-order valence-corrected chi connectivity index (χ1v) is 9.87. The van der Waals surface area contributed by atoms with Crippen molar-refractivity contribution in [1.29, 1.82) is 0 Å². The van der Waals surface area contributed by atoms with Crippen LogP contribution in [0.1, 0.15) is 49.9 Å². The van der Waals surface area contributed by atoms with E-state index in [2.05, 4.69) is 5.32 Å². The number of thioether (sulfide) groups is 1. The maximum atomic E-state index is 13.0. The minimum Gasteiger partial charge on any atom is -0.480 e. The molecule has 0 bridgehead atoms. The summed E-state index contributed by atoms with van der Waals surface area (Å²) in [7, 11) is 0. The van der Waals surface area contributed by atoms with E-state index in [1.165, 1.54) is 11.8 Å². The van der Waals surface area contributed by atoms with E-state index in [0.29, 0.717) is 30.0 Å². The van der Waals surface area contributed by atoms with Crippen molar-refractivity contribution in [3.63, 3.8) is 0 Å². The van der Waals surface area contributed by atoms with Crippen LogP contribution in [0.4, 0.5) is 0 Å². The Hall–Kier alpha value is -2.02. The standard InChI is InChI=1S/C19H26N2O4S/c1-3-7-17(22)20-14-8-6-11-21(12-14)18(23)15-9-4-5-10-16(15)26-13(2)19(24)25/h4-5,9-10,13-14H,3,6-8,11-12H2,1-2H3,(H,20,22)(H,24,25). The fourth-order valence-corrected chi connectivity index (χ4v) is 3.88. The summed E-state index contributed by atoms with van der Waals surface area (Å²) in [5.41, 5.74) is 0.520. The quantitative estimate of drug-likeness (QED) is 0.713. The van der Waals surface area contributed by atoms with E-state index in [1.807, 2.05) is 6.92 Å². The van der Waals surface area contributed by atoms with E-state index >= 15 is 0 Å². The number of nitrogens with zero attached hydrogens (tertiary/aromatic N) is 1. The highest BCUT2D eigenvalue weighted by Crippen LogP contribution is 2.28. The lowest BCUT2D eigenvalue weighted by atomic mass is 10.0. The van der Waals surface area contributed by atoms with Gasteiger partial charge in [-0.15, -0.1) is 11.8 Å². The van der Waals surface area contributed by atoms with Crippen molar-refractivity contribution >= 4 is 29.5 Å². The van der Waals surface area contributed by atoms with E-state index in [-0.39, 0.29) is 17.9 Å². The number of aliphatic carboxylic acids is 1. The van der Waals surface area contributed by atoms with Gasteiger partial charge in [0.25, 0.3) is 5.91 Å². The third kappa shape index (κ3) is 5.49. The molecule has 1 aromatic carbocycles. The lowest BCUT2D eigenvalue weighted by Crippen LogP contribution is -2.49. The second-order valence-electron chi connectivity index (χ2n) is 6.50. The average molecular weight is 378 g/mol. The van der Waals surface area contributed by atoms with E-state index < -0.39 is 11.2 Å². The number of hydrogen-bond acceptors (Lipinski definition) is 4. The third-order valence-corrected chi connectivity index (χ3v) is 5.48. The molecule has 2 atom stereocenters. The fourth-order valence-electron chi connectivity index (χ4n) is 2.96. The molecule has 0 saturated carbocycles. The number of piperidine rings is 1. The molecule has 0 radical (unpaired) electrons. The highest BCUT2D eigenvalue weighted by atomic mass is 32.2. The van der Waals surface area contributed by atoms with Crippen LogP contribution < -0.4 is 5.32 Å². The number of hydrogen-bond donors (Lipinski definition) is 2. The molecule has 26 heavy (non-hydrogen) atoms. The second kappa shape index (κ2) is 9.62. The normalized spacial score (nSPS) is 18.2. The van der Waals surface area contributed by atoms with Crippen molar-refractivity contribution in [2.24, 2.45) is 0 Å². The largest absolute Gasteiger partial charge is 0.480 e. The minimum absolute atomic E-state index is 0.0236. The zero-order valence-electron chi connectivity index (χ0n) is 15.2. The molecule has 1 aliphatic heterocycles. The van der Waals surface area contributed by atoms with Crippen molar-refractivity contribution in [1.82, 2.24) is 10.2 Å². The fraction of sp³-hybridized carbons (Fsp3) is 0.526. The molecule has 6 nitrogen and oxygen atoms in total. The number of amides is 2. The molecular formula is C19H26N2O4S. The van der Waals surface area contributed by atoms with E-state index in [0.717, 1.165) is 19.3 Å². The molecule has 0 aromatic heterocycles. The summed E-state index contributed by atoms with van der Waals surface area (Å²) >= 11 is 1.17. The van der Waals surface area contributed by atoms with Gasteiger partial charge in [-0.3, -0.25) is 14.4 Å². The molecule has 1 fully saturated rings. The van der Waals surface area contributed by atoms with E-state index in [9.17, 15) is 14.4 Å². The van der Waals surface area contributed by atoms with Gasteiger partial charge >= 0.3 is 5.97 Å². The second-order valence-corrected chi connectivity index (χ2v) is 7.88. The number of carbonyl (C=O) groups is 3. The Labute approximate surface area is 158 Å². The monoisotopic (exact) mass is 378 g/mol. The highest BCUT2D eigenvalue weighted by molar-refractivity contribution is 8.00. The third-order valence-electron chi connectivity index (χ3n) is 4.32. The first-order chi connectivity index (χ1) is 12.4. The molecule has 0 spiro atoms. The molecule has 1 saturated heterocycles. The number of carbonyl (C=O) groups excluding carboxylic acids is 2. The van der Waals surface area contributed by atoms with Gasteiger partial charge in [-0.2, -0.15) is 0 Å². The first-order valence-electron chi connectivity index (χ1n) is 8.99. The van der Waals surface area contributed by atoms with Crippen LogP contribution in [0.15, 0.2) is 29.2 Å². The Balaban J connectivity index is 2.08. The van der Waals surface area contributed by atoms with Crippen LogP contribution in [-0.4, -0.2) is 52.2 Å². The van der Waals surface area contributed by atoms with Crippen LogP contribution in [0, 0.1) is 0 Å². The van der Waals surface area contributed by atoms with Gasteiger partial charge in [0.05, 0.1) is 5.56 Å². The summed E-state index contributed by atoms with van der Waals surface area (Å²) in [6.45, 7) is 4.70. The lowest BCUT2D eigenvalue weighted by molar-refractivity contribution is -0.136. The van der Waals surface area contributed by atoms with Crippen LogP contribution >= 0.6 is 11.8 Å². The van der Waals surface area contributed by atoms with Crippen LogP contribution in [0.25, 0.3) is 0 Å². The van der Waals surface area contributed by atoms with Gasteiger partial charge in [0.1, 0.15) is 5.25 Å². The van der Waals surface area contributed by atoms with E-state index in [1.54, 1.807) is 36.1 Å². The predicted molar refractivity (Wildman–Crippen MR) is 101 cm³/mol. The molecule has 2 unspecified atom stereocenters. The molecular weight excluding hydrogens is 352 g/mol. The van der Waals surface area contributed by atoms with Crippen LogP contribution in [-0.2, 0) is 9.59 Å². The highest BCUT2D eigenvalue weighted by Gasteiger charge is 2.27. The first kappa shape index (κ1) is 20.3. The van der Waals surface area contributed by atoms with Gasteiger partial charge in [0.15, 0.2) is 0 Å². The Bertz CT molecular complexity index is 665. The van der Waals surface area contributed by atoms with Crippen molar-refractivity contribution in [2.45, 2.75) is 55.7 Å². The summed E-state index contributed by atoms with van der Waals surface area (Å²) in [6, 6.07) is 7.08. The van der Waals surface area contributed by atoms with Crippen LogP contribution in [0.2, 0.25) is 0 Å². The molecule has 1 aliphatic rings. The Morgan fingerprint density at radius 2 is 2.08 bits per heavy atom. The van der Waals surface area contributed by atoms with Gasteiger partial charge < -0.3 is 15.3 Å². The molecule has 2 N–H and O–H groups in total. The summed E-state index contributed by atoms with van der Waals surface area (Å²) < 4.78 is 0. The van der Waals surface area contributed by atoms with Crippen molar-refractivity contribution < 1.29 is 19.5 Å². The van der Waals surface area contributed by atoms with Crippen molar-refractivity contribution in [3.8, 4) is 0 Å². The molecule has 1 heterocycles. The summed E-state index contributed by atoms with van der Waals surface area (Å²) in [6.07, 6.45) is 3.00. The van der Waals surface area contributed by atoms with Crippen molar-refractivity contribution in [3.05, 3.63) is 29.8 Å². The van der Waals surface area contributed by atoms with E-state index in [4.69, 9.17) is 5.11 Å². The average Bonchev–Trinajstić information content (AvgIpc) is 2.62. The topological polar surface area (TPSA) is 86.7 Å². The SMILES string of the molecule is CCCC(=O)NC1CCCN(C(=O)c2ccccc2SC(C)C(=O)O)C1. The molecule has 2 amide bonds. The molecule has 0 aliphatic carbocycles. The number of carboxylic acid groups (broad SMARTS) is 1. The van der Waals surface area contributed by atoms with Crippen LogP contribution in [0.3, 0.4) is 0 Å². The Morgan fingerprint density at radius 3 is 2.77 bits per heavy atom. The summed E-state index contributed by atoms with van der Waals surface area (Å²) in [5, 5.41) is 11.5. The lowest BCUT2D eigenvalue weighted by Gasteiger charge is -2.33.